The van der Waals surface area contributed by atoms with Gasteiger partial charge in [0, 0.05) is 13.0 Å². The zero-order chi connectivity index (χ0) is 13.1. The van der Waals surface area contributed by atoms with E-state index in [2.05, 4.69) is 19.1 Å². The van der Waals surface area contributed by atoms with Gasteiger partial charge in [0.2, 0.25) is 0 Å². The molecular formula is C16H26O3. The molecule has 2 aliphatic heterocycles. The van der Waals surface area contributed by atoms with Gasteiger partial charge >= 0.3 is 0 Å². The summed E-state index contributed by atoms with van der Waals surface area (Å²) >= 11 is 0. The molecule has 3 fully saturated rings. The van der Waals surface area contributed by atoms with Gasteiger partial charge in [-0.05, 0) is 50.4 Å². The van der Waals surface area contributed by atoms with Crippen LogP contribution in [0.3, 0.4) is 0 Å². The highest BCUT2D eigenvalue weighted by Gasteiger charge is 2.39. The van der Waals surface area contributed by atoms with Crippen LogP contribution in [0, 0.1) is 17.8 Å². The Balaban J connectivity index is 1.64. The van der Waals surface area contributed by atoms with E-state index < -0.39 is 0 Å². The molecule has 19 heavy (non-hydrogen) atoms. The minimum Gasteiger partial charge on any atom is -0.378 e. The number of hydrogen-bond acceptors (Lipinski definition) is 3. The largest absolute Gasteiger partial charge is 0.378 e. The fraction of sp³-hybridized carbons (Fsp3) is 0.875. The molecule has 1 aliphatic carbocycles. The van der Waals surface area contributed by atoms with Crippen molar-refractivity contribution in [2.45, 2.75) is 51.4 Å². The summed E-state index contributed by atoms with van der Waals surface area (Å²) in [6, 6.07) is 0. The number of fused-ring (bicyclic) bond motifs is 1. The molecule has 2 unspecified atom stereocenters. The highest BCUT2D eigenvalue weighted by atomic mass is 16.7. The normalized spacial score (nSPS) is 40.7. The van der Waals surface area contributed by atoms with Crippen LogP contribution in [0.25, 0.3) is 0 Å². The summed E-state index contributed by atoms with van der Waals surface area (Å²) in [5.74, 6) is 2.10. The molecule has 0 amide bonds. The van der Waals surface area contributed by atoms with Gasteiger partial charge in [-0.2, -0.15) is 0 Å². The van der Waals surface area contributed by atoms with Crippen molar-refractivity contribution in [3.05, 3.63) is 12.2 Å². The molecule has 1 saturated carbocycles. The Morgan fingerprint density at radius 2 is 1.89 bits per heavy atom. The maximum atomic E-state index is 5.98. The lowest BCUT2D eigenvalue weighted by Gasteiger charge is -2.43. The Morgan fingerprint density at radius 3 is 2.68 bits per heavy atom. The maximum absolute atomic E-state index is 5.98. The lowest BCUT2D eigenvalue weighted by atomic mass is 9.69. The summed E-state index contributed by atoms with van der Waals surface area (Å²) in [5.41, 5.74) is 0. The second-order valence-corrected chi connectivity index (χ2v) is 6.14. The first-order chi connectivity index (χ1) is 9.36. The van der Waals surface area contributed by atoms with Crippen molar-refractivity contribution in [2.24, 2.45) is 17.8 Å². The minimum absolute atomic E-state index is 0.0406. The Kier molecular flexibility index (Phi) is 4.57. The molecule has 3 nitrogen and oxygen atoms in total. The van der Waals surface area contributed by atoms with E-state index in [1.807, 2.05) is 0 Å². The average molecular weight is 266 g/mol. The fourth-order valence-corrected chi connectivity index (χ4v) is 4.00. The van der Waals surface area contributed by atoms with Gasteiger partial charge in [-0.3, -0.25) is 0 Å². The highest BCUT2D eigenvalue weighted by Crippen LogP contribution is 2.43. The molecule has 0 aromatic rings. The zero-order valence-corrected chi connectivity index (χ0v) is 11.9. The van der Waals surface area contributed by atoms with E-state index >= 15 is 0 Å². The molecule has 3 rings (SSSR count). The smallest absolute Gasteiger partial charge is 0.158 e. The first-order valence-electron chi connectivity index (χ1n) is 7.84. The molecule has 0 radical (unpaired) electrons. The summed E-state index contributed by atoms with van der Waals surface area (Å²) in [4.78, 5) is 0. The van der Waals surface area contributed by atoms with Gasteiger partial charge in [0.15, 0.2) is 6.29 Å². The molecule has 0 N–H and O–H groups in total. The molecule has 3 heteroatoms. The van der Waals surface area contributed by atoms with E-state index in [0.717, 1.165) is 32.2 Å². The van der Waals surface area contributed by atoms with Crippen molar-refractivity contribution < 1.29 is 14.2 Å². The van der Waals surface area contributed by atoms with Gasteiger partial charge in [0.1, 0.15) is 0 Å². The van der Waals surface area contributed by atoms with Crippen LogP contribution in [0.1, 0.15) is 39.0 Å². The third-order valence-corrected chi connectivity index (χ3v) is 4.92. The summed E-state index contributed by atoms with van der Waals surface area (Å²) < 4.78 is 17.3. The fourth-order valence-electron chi connectivity index (χ4n) is 4.00. The predicted octanol–water partition coefficient (Wildman–Crippen LogP) is 3.15. The van der Waals surface area contributed by atoms with Gasteiger partial charge in [-0.15, -0.1) is 0 Å². The first-order valence-corrected chi connectivity index (χ1v) is 7.84. The Morgan fingerprint density at radius 1 is 1.05 bits per heavy atom. The number of allylic oxidation sites excluding steroid dienone is 2. The lowest BCUT2D eigenvalue weighted by Crippen LogP contribution is -2.40. The number of ether oxygens (including phenoxy) is 3. The van der Waals surface area contributed by atoms with Gasteiger partial charge < -0.3 is 14.2 Å². The summed E-state index contributed by atoms with van der Waals surface area (Å²) in [6.45, 7) is 4.61. The second-order valence-electron chi connectivity index (χ2n) is 6.14. The quantitative estimate of drug-likeness (QED) is 0.734. The van der Waals surface area contributed by atoms with E-state index in [9.17, 15) is 0 Å². The Bertz CT molecular complexity index is 309. The van der Waals surface area contributed by atoms with Gasteiger partial charge in [-0.1, -0.05) is 12.2 Å². The van der Waals surface area contributed by atoms with Crippen molar-refractivity contribution in [1.29, 1.82) is 0 Å². The minimum atomic E-state index is 0.0406. The monoisotopic (exact) mass is 266 g/mol. The topological polar surface area (TPSA) is 27.7 Å². The van der Waals surface area contributed by atoms with Crippen molar-refractivity contribution in [3.63, 3.8) is 0 Å². The highest BCUT2D eigenvalue weighted by molar-refractivity contribution is 4.97. The zero-order valence-electron chi connectivity index (χ0n) is 11.9. The van der Waals surface area contributed by atoms with Gasteiger partial charge in [0.05, 0.1) is 19.3 Å². The van der Waals surface area contributed by atoms with Crippen molar-refractivity contribution in [2.75, 3.05) is 19.8 Å². The third-order valence-electron chi connectivity index (χ3n) is 4.92. The standard InChI is InChI=1S/C16H26O3/c1-2-4-12-10-15-13(5-3-6-17-15)9-14(12)11-16-18-7-8-19-16/h2,4,12-16H,3,5-11H2,1H3/b4-2-/t12?,13-,14?,15-/m0/s1. The number of hydrogen-bond donors (Lipinski definition) is 0. The maximum Gasteiger partial charge on any atom is 0.158 e. The molecule has 2 heterocycles. The molecule has 0 aromatic heterocycles. The Labute approximate surface area is 116 Å². The number of rotatable bonds is 3. The molecule has 108 valence electrons. The molecular weight excluding hydrogens is 240 g/mol. The average Bonchev–Trinajstić information content (AvgIpc) is 2.93. The summed E-state index contributed by atoms with van der Waals surface area (Å²) in [5, 5.41) is 0. The van der Waals surface area contributed by atoms with Gasteiger partial charge in [0.25, 0.3) is 0 Å². The van der Waals surface area contributed by atoms with E-state index in [0.29, 0.717) is 17.9 Å². The lowest BCUT2D eigenvalue weighted by molar-refractivity contribution is -0.0971. The van der Waals surface area contributed by atoms with Crippen LogP contribution in [0.2, 0.25) is 0 Å². The van der Waals surface area contributed by atoms with E-state index in [1.54, 1.807) is 0 Å². The predicted molar refractivity (Wildman–Crippen MR) is 73.8 cm³/mol. The second kappa shape index (κ2) is 6.38. The third kappa shape index (κ3) is 3.21. The van der Waals surface area contributed by atoms with Crippen LogP contribution in [0.4, 0.5) is 0 Å². The van der Waals surface area contributed by atoms with Crippen LogP contribution < -0.4 is 0 Å². The molecule has 0 spiro atoms. The van der Waals surface area contributed by atoms with E-state index in [1.165, 1.54) is 25.7 Å². The molecule has 0 aromatic carbocycles. The molecule has 2 saturated heterocycles. The first kappa shape index (κ1) is 13.6. The van der Waals surface area contributed by atoms with Crippen LogP contribution in [0.5, 0.6) is 0 Å². The van der Waals surface area contributed by atoms with Gasteiger partial charge in [-0.25, -0.2) is 0 Å². The van der Waals surface area contributed by atoms with Crippen LogP contribution >= 0.6 is 0 Å². The van der Waals surface area contributed by atoms with E-state index in [4.69, 9.17) is 14.2 Å². The van der Waals surface area contributed by atoms with E-state index in [-0.39, 0.29) is 6.29 Å². The SMILES string of the molecule is C/C=C\C1C[C@@H]2OCCC[C@H]2CC1CC1OCCO1. The summed E-state index contributed by atoms with van der Waals surface area (Å²) in [7, 11) is 0. The molecule has 4 atom stereocenters. The van der Waals surface area contributed by atoms with Crippen molar-refractivity contribution in [3.8, 4) is 0 Å². The van der Waals surface area contributed by atoms with Crippen molar-refractivity contribution >= 4 is 0 Å². The van der Waals surface area contributed by atoms with Crippen LogP contribution in [-0.4, -0.2) is 32.2 Å². The van der Waals surface area contributed by atoms with Crippen LogP contribution in [0.15, 0.2) is 12.2 Å². The Hall–Kier alpha value is -0.380. The summed E-state index contributed by atoms with van der Waals surface area (Å²) in [6.07, 6.45) is 11.2. The van der Waals surface area contributed by atoms with Crippen LogP contribution in [-0.2, 0) is 14.2 Å². The molecule has 3 aliphatic rings. The molecule has 0 bridgehead atoms. The van der Waals surface area contributed by atoms with Crippen molar-refractivity contribution in [1.82, 2.24) is 0 Å².